The zero-order valence-corrected chi connectivity index (χ0v) is 17.8. The summed E-state index contributed by atoms with van der Waals surface area (Å²) in [5, 5.41) is 10.4. The number of allylic oxidation sites excluding steroid dienone is 1. The molecular formula is C22H17BrN4S. The van der Waals surface area contributed by atoms with Gasteiger partial charge in [-0.3, -0.25) is 0 Å². The number of para-hydroxylation sites is 3. The summed E-state index contributed by atoms with van der Waals surface area (Å²) >= 11 is 4.98. The smallest absolute Gasteiger partial charge is 0.171 e. The highest BCUT2D eigenvalue weighted by molar-refractivity contribution is 9.10. The van der Waals surface area contributed by atoms with E-state index in [0.717, 1.165) is 38.1 Å². The van der Waals surface area contributed by atoms with Crippen LogP contribution in [0.1, 0.15) is 17.0 Å². The number of thioether (sulfide) groups is 1. The van der Waals surface area contributed by atoms with E-state index in [2.05, 4.69) is 62.5 Å². The van der Waals surface area contributed by atoms with Gasteiger partial charge in [-0.15, -0.1) is 0 Å². The molecule has 0 aliphatic heterocycles. The van der Waals surface area contributed by atoms with Gasteiger partial charge in [0.2, 0.25) is 0 Å². The number of halogens is 1. The number of benzene rings is 2. The second-order valence-electron chi connectivity index (χ2n) is 6.39. The molecule has 6 heteroatoms. The molecule has 0 fully saturated rings. The first-order valence-electron chi connectivity index (χ1n) is 8.75. The molecule has 0 atom stereocenters. The van der Waals surface area contributed by atoms with Crippen LogP contribution in [0, 0.1) is 25.2 Å². The Hall–Kier alpha value is -2.75. The van der Waals surface area contributed by atoms with Crippen molar-refractivity contribution in [2.24, 2.45) is 0 Å². The molecule has 4 nitrogen and oxygen atoms in total. The Morgan fingerprint density at radius 3 is 2.68 bits per heavy atom. The molecule has 138 valence electrons. The van der Waals surface area contributed by atoms with Crippen LogP contribution in [0.2, 0.25) is 0 Å². The van der Waals surface area contributed by atoms with Crippen LogP contribution in [0.4, 0.5) is 0 Å². The lowest BCUT2D eigenvalue weighted by Gasteiger charge is -2.11. The molecule has 0 radical (unpaired) electrons. The Kier molecular flexibility index (Phi) is 5.12. The van der Waals surface area contributed by atoms with Gasteiger partial charge in [-0.2, -0.15) is 5.26 Å². The van der Waals surface area contributed by atoms with Gasteiger partial charge in [-0.05, 0) is 83.5 Å². The first-order chi connectivity index (χ1) is 13.6. The number of nitrogens with zero attached hydrogens (tertiary/aromatic N) is 3. The van der Waals surface area contributed by atoms with Crippen molar-refractivity contribution >= 4 is 44.8 Å². The minimum absolute atomic E-state index is 0.589. The van der Waals surface area contributed by atoms with E-state index in [1.165, 1.54) is 11.8 Å². The molecule has 0 saturated heterocycles. The molecule has 0 aliphatic carbocycles. The maximum Gasteiger partial charge on any atom is 0.171 e. The van der Waals surface area contributed by atoms with Crippen molar-refractivity contribution in [3.8, 4) is 11.8 Å². The van der Waals surface area contributed by atoms with Crippen LogP contribution in [0.15, 0.2) is 69.1 Å². The molecule has 2 aromatic heterocycles. The third kappa shape index (κ3) is 3.51. The highest BCUT2D eigenvalue weighted by Gasteiger charge is 2.13. The standard InChI is InChI=1S/C22H17BrN4S/c1-14-11-16(15(2)27(14)21-10-6-3-7-18(21)23)12-17(13-24)28-22-25-19-8-4-5-9-20(19)26-22/h3-12H,1-2H3,(H,25,26)/b17-12+. The van der Waals surface area contributed by atoms with Crippen LogP contribution in [0.25, 0.3) is 22.8 Å². The molecule has 2 heterocycles. The molecule has 0 aliphatic rings. The third-order valence-electron chi connectivity index (χ3n) is 4.53. The van der Waals surface area contributed by atoms with E-state index >= 15 is 0 Å². The van der Waals surface area contributed by atoms with Gasteiger partial charge in [-0.1, -0.05) is 24.3 Å². The SMILES string of the molecule is Cc1cc(/C=C(\C#N)Sc2nc3ccccc3[nH]2)c(C)n1-c1ccccc1Br. The van der Waals surface area contributed by atoms with Crippen LogP contribution in [0.3, 0.4) is 0 Å². The van der Waals surface area contributed by atoms with E-state index in [1.54, 1.807) is 0 Å². The van der Waals surface area contributed by atoms with Crippen molar-refractivity contribution in [1.82, 2.24) is 14.5 Å². The zero-order chi connectivity index (χ0) is 19.7. The van der Waals surface area contributed by atoms with E-state index in [1.807, 2.05) is 48.5 Å². The number of aromatic amines is 1. The van der Waals surface area contributed by atoms with Crippen molar-refractivity contribution < 1.29 is 0 Å². The zero-order valence-electron chi connectivity index (χ0n) is 15.4. The van der Waals surface area contributed by atoms with Crippen LogP contribution in [0.5, 0.6) is 0 Å². The summed E-state index contributed by atoms with van der Waals surface area (Å²) in [6.07, 6.45) is 1.92. The Bertz CT molecular complexity index is 1210. The predicted molar refractivity (Wildman–Crippen MR) is 118 cm³/mol. The van der Waals surface area contributed by atoms with Gasteiger partial charge in [-0.25, -0.2) is 4.98 Å². The highest BCUT2D eigenvalue weighted by Crippen LogP contribution is 2.31. The number of hydrogen-bond acceptors (Lipinski definition) is 3. The Labute approximate surface area is 176 Å². The van der Waals surface area contributed by atoms with Gasteiger partial charge in [0, 0.05) is 15.9 Å². The first kappa shape index (κ1) is 18.6. The molecule has 4 rings (SSSR count). The number of aryl methyl sites for hydroxylation is 1. The molecule has 0 saturated carbocycles. The van der Waals surface area contributed by atoms with Crippen LogP contribution >= 0.6 is 27.7 Å². The minimum Gasteiger partial charge on any atom is -0.333 e. The van der Waals surface area contributed by atoms with Crippen molar-refractivity contribution in [3.05, 3.63) is 80.9 Å². The molecule has 0 unspecified atom stereocenters. The molecule has 28 heavy (non-hydrogen) atoms. The minimum atomic E-state index is 0.589. The van der Waals surface area contributed by atoms with E-state index in [9.17, 15) is 5.26 Å². The summed E-state index contributed by atoms with van der Waals surface area (Å²) in [4.78, 5) is 8.40. The lowest BCUT2D eigenvalue weighted by molar-refractivity contribution is 0.959. The lowest BCUT2D eigenvalue weighted by Crippen LogP contribution is -1.99. The highest BCUT2D eigenvalue weighted by atomic mass is 79.9. The number of imidazole rings is 1. The largest absolute Gasteiger partial charge is 0.333 e. The fraction of sp³-hybridized carbons (Fsp3) is 0.0909. The molecule has 2 aromatic carbocycles. The van der Waals surface area contributed by atoms with Crippen LogP contribution in [-0.2, 0) is 0 Å². The molecular weight excluding hydrogens is 432 g/mol. The van der Waals surface area contributed by atoms with E-state index < -0.39 is 0 Å². The molecule has 4 aromatic rings. The number of nitrogens with one attached hydrogen (secondary N) is 1. The van der Waals surface area contributed by atoms with Gasteiger partial charge >= 0.3 is 0 Å². The van der Waals surface area contributed by atoms with Gasteiger partial charge in [0.25, 0.3) is 0 Å². The van der Waals surface area contributed by atoms with Crippen LogP contribution in [-0.4, -0.2) is 14.5 Å². The average Bonchev–Trinajstić information content (AvgIpc) is 3.22. The van der Waals surface area contributed by atoms with E-state index in [0.29, 0.717) is 10.1 Å². The van der Waals surface area contributed by atoms with Crippen molar-refractivity contribution in [3.63, 3.8) is 0 Å². The number of fused-ring (bicyclic) bond motifs is 1. The second kappa shape index (κ2) is 7.70. The fourth-order valence-electron chi connectivity index (χ4n) is 3.25. The van der Waals surface area contributed by atoms with Gasteiger partial charge < -0.3 is 9.55 Å². The van der Waals surface area contributed by atoms with Gasteiger partial charge in [0.15, 0.2) is 5.16 Å². The Morgan fingerprint density at radius 1 is 1.18 bits per heavy atom. The maximum absolute atomic E-state index is 9.66. The monoisotopic (exact) mass is 448 g/mol. The molecule has 0 bridgehead atoms. The van der Waals surface area contributed by atoms with Crippen molar-refractivity contribution in [2.75, 3.05) is 0 Å². The molecule has 0 amide bonds. The number of nitriles is 1. The quantitative estimate of drug-likeness (QED) is 0.290. The first-order valence-corrected chi connectivity index (χ1v) is 10.4. The summed E-state index contributed by atoms with van der Waals surface area (Å²) in [7, 11) is 0. The van der Waals surface area contributed by atoms with E-state index in [-0.39, 0.29) is 0 Å². The normalized spacial score (nSPS) is 11.7. The maximum atomic E-state index is 9.66. The molecule has 1 N–H and O–H groups in total. The summed E-state index contributed by atoms with van der Waals surface area (Å²) < 4.78 is 3.22. The third-order valence-corrected chi connectivity index (χ3v) is 6.02. The van der Waals surface area contributed by atoms with Crippen LogP contribution < -0.4 is 0 Å². The lowest BCUT2D eigenvalue weighted by atomic mass is 10.2. The molecule has 0 spiro atoms. The Morgan fingerprint density at radius 2 is 1.93 bits per heavy atom. The van der Waals surface area contributed by atoms with E-state index in [4.69, 9.17) is 0 Å². The fourth-order valence-corrected chi connectivity index (χ4v) is 4.45. The summed E-state index contributed by atoms with van der Waals surface area (Å²) in [6.45, 7) is 4.14. The average molecular weight is 449 g/mol. The van der Waals surface area contributed by atoms with Crippen molar-refractivity contribution in [1.29, 1.82) is 5.26 Å². The number of H-pyrrole nitrogens is 1. The number of hydrogen-bond donors (Lipinski definition) is 1. The topological polar surface area (TPSA) is 57.4 Å². The Balaban J connectivity index is 1.70. The summed E-state index contributed by atoms with van der Waals surface area (Å²) in [6, 6.07) is 20.4. The summed E-state index contributed by atoms with van der Waals surface area (Å²) in [5.74, 6) is 0. The number of aromatic nitrogens is 3. The summed E-state index contributed by atoms with van der Waals surface area (Å²) in [5.41, 5.74) is 6.17. The van der Waals surface area contributed by atoms with Gasteiger partial charge in [0.05, 0.1) is 21.6 Å². The predicted octanol–water partition coefficient (Wildman–Crippen LogP) is 6.39. The second-order valence-corrected chi connectivity index (χ2v) is 8.28. The number of rotatable bonds is 4. The van der Waals surface area contributed by atoms with Gasteiger partial charge in [0.1, 0.15) is 6.07 Å². The van der Waals surface area contributed by atoms with Crippen molar-refractivity contribution in [2.45, 2.75) is 19.0 Å².